The molecular formula is C28H22FN7O. The number of aromatic nitrogens is 4. The summed E-state index contributed by atoms with van der Waals surface area (Å²) < 4.78 is 14.2. The van der Waals surface area contributed by atoms with E-state index in [2.05, 4.69) is 35.8 Å². The molecule has 0 aliphatic rings. The summed E-state index contributed by atoms with van der Waals surface area (Å²) in [5, 5.41) is 17.1. The monoisotopic (exact) mass is 491 g/mol. The van der Waals surface area contributed by atoms with Crippen LogP contribution in [-0.4, -0.2) is 31.3 Å². The molecule has 37 heavy (non-hydrogen) atoms. The number of phenolic OH excluding ortho intramolecular Hbond substituents is 1. The van der Waals surface area contributed by atoms with Gasteiger partial charge in [-0.2, -0.15) is 5.10 Å². The van der Waals surface area contributed by atoms with E-state index in [-0.39, 0.29) is 17.4 Å². The second-order valence-electron chi connectivity index (χ2n) is 8.17. The van der Waals surface area contributed by atoms with Crippen molar-refractivity contribution in [3.05, 3.63) is 109 Å². The van der Waals surface area contributed by atoms with Crippen LogP contribution in [0.5, 0.6) is 5.75 Å². The molecule has 0 bridgehead atoms. The number of nitrogens with zero attached hydrogens (tertiary/aromatic N) is 5. The molecule has 0 unspecified atom stereocenters. The van der Waals surface area contributed by atoms with E-state index in [0.717, 1.165) is 34.4 Å². The van der Waals surface area contributed by atoms with Crippen molar-refractivity contribution in [1.82, 2.24) is 19.9 Å². The van der Waals surface area contributed by atoms with Crippen molar-refractivity contribution in [3.63, 3.8) is 0 Å². The van der Waals surface area contributed by atoms with E-state index in [0.29, 0.717) is 11.3 Å². The molecule has 0 fully saturated rings. The first-order chi connectivity index (χ1) is 18.0. The minimum Gasteiger partial charge on any atom is -0.508 e. The Bertz CT molecular complexity index is 1550. The van der Waals surface area contributed by atoms with Crippen LogP contribution < -0.4 is 10.7 Å². The highest BCUT2D eigenvalue weighted by atomic mass is 19.1. The zero-order chi connectivity index (χ0) is 25.6. The Balaban J connectivity index is 1.21. The highest BCUT2D eigenvalue weighted by Crippen LogP contribution is 2.26. The largest absolute Gasteiger partial charge is 0.508 e. The van der Waals surface area contributed by atoms with E-state index in [1.54, 1.807) is 36.7 Å². The highest BCUT2D eigenvalue weighted by molar-refractivity contribution is 5.78. The van der Waals surface area contributed by atoms with Crippen LogP contribution >= 0.6 is 0 Å². The van der Waals surface area contributed by atoms with Crippen LogP contribution in [0.25, 0.3) is 22.4 Å². The zero-order valence-corrected chi connectivity index (χ0v) is 19.8. The normalized spacial score (nSPS) is 11.0. The molecule has 3 N–H and O–H groups in total. The number of hydrazone groups is 1. The number of benzene rings is 2. The van der Waals surface area contributed by atoms with Gasteiger partial charge >= 0.3 is 0 Å². The van der Waals surface area contributed by atoms with Crippen molar-refractivity contribution >= 4 is 23.5 Å². The Morgan fingerprint density at radius 2 is 1.68 bits per heavy atom. The molecular weight excluding hydrogens is 469 g/mol. The van der Waals surface area contributed by atoms with Crippen molar-refractivity contribution in [2.24, 2.45) is 5.10 Å². The van der Waals surface area contributed by atoms with Gasteiger partial charge in [-0.15, -0.1) is 0 Å². The maximum Gasteiger partial charge on any atom is 0.244 e. The number of hydrogen-bond donors (Lipinski definition) is 3. The fraction of sp³-hybridized carbons (Fsp3) is 0.0357. The quantitative estimate of drug-likeness (QED) is 0.191. The summed E-state index contributed by atoms with van der Waals surface area (Å²) in [6.07, 6.45) is 5.93. The summed E-state index contributed by atoms with van der Waals surface area (Å²) in [6.45, 7) is 1.83. The van der Waals surface area contributed by atoms with E-state index < -0.39 is 5.82 Å². The average molecular weight is 492 g/mol. The summed E-state index contributed by atoms with van der Waals surface area (Å²) in [5.41, 5.74) is 8.54. The van der Waals surface area contributed by atoms with E-state index >= 15 is 0 Å². The summed E-state index contributed by atoms with van der Waals surface area (Å²) in [6, 6.07) is 22.2. The van der Waals surface area contributed by atoms with Gasteiger partial charge < -0.3 is 10.4 Å². The van der Waals surface area contributed by atoms with Crippen LogP contribution in [0.1, 0.15) is 11.4 Å². The van der Waals surface area contributed by atoms with Crippen molar-refractivity contribution in [1.29, 1.82) is 0 Å². The summed E-state index contributed by atoms with van der Waals surface area (Å²) in [5.74, 6) is -0.131. The van der Waals surface area contributed by atoms with Crippen LogP contribution in [0.15, 0.2) is 96.5 Å². The Hall–Kier alpha value is -5.18. The van der Waals surface area contributed by atoms with Gasteiger partial charge in [0.05, 0.1) is 30.0 Å². The number of anilines is 3. The third-order valence-corrected chi connectivity index (χ3v) is 5.41. The van der Waals surface area contributed by atoms with Gasteiger partial charge in [0, 0.05) is 23.1 Å². The number of nitrogens with one attached hydrogen (secondary N) is 2. The summed E-state index contributed by atoms with van der Waals surface area (Å²) in [7, 11) is 0. The molecule has 0 saturated carbocycles. The maximum absolute atomic E-state index is 14.2. The van der Waals surface area contributed by atoms with Gasteiger partial charge in [0.1, 0.15) is 11.4 Å². The minimum atomic E-state index is -0.529. The van der Waals surface area contributed by atoms with E-state index in [4.69, 9.17) is 0 Å². The molecule has 3 aromatic heterocycles. The van der Waals surface area contributed by atoms with E-state index in [1.165, 1.54) is 6.21 Å². The maximum atomic E-state index is 14.2. The number of pyridine rings is 2. The molecule has 8 nitrogen and oxygen atoms in total. The third kappa shape index (κ3) is 5.91. The molecule has 5 rings (SSSR count). The predicted molar refractivity (Wildman–Crippen MR) is 142 cm³/mol. The molecule has 0 amide bonds. The molecule has 9 heteroatoms. The summed E-state index contributed by atoms with van der Waals surface area (Å²) in [4.78, 5) is 16.7. The Kier molecular flexibility index (Phi) is 6.76. The number of hydrogen-bond acceptors (Lipinski definition) is 8. The average Bonchev–Trinajstić information content (AvgIpc) is 2.91. The number of phenols is 1. The predicted octanol–water partition coefficient (Wildman–Crippen LogP) is 5.94. The van der Waals surface area contributed by atoms with E-state index in [1.807, 2.05) is 55.5 Å². The van der Waals surface area contributed by atoms with Gasteiger partial charge in [-0.1, -0.05) is 24.3 Å². The van der Waals surface area contributed by atoms with Gasteiger partial charge in [0.25, 0.3) is 0 Å². The smallest absolute Gasteiger partial charge is 0.244 e. The first-order valence-electron chi connectivity index (χ1n) is 11.4. The standard InChI is InChI=1S/C28H22FN7O/c1-18-13-21(11-12-30-18)27-26(29)17-32-28(35-27)36-33-16-23-9-10-24(15-31-23)34-22-7-5-19(6-8-22)20-3-2-4-25(37)14-20/h2-17,34,37H,1H3,(H,32,35,36)/b33-16+. The highest BCUT2D eigenvalue weighted by Gasteiger charge is 2.10. The Morgan fingerprint density at radius 3 is 2.43 bits per heavy atom. The van der Waals surface area contributed by atoms with Gasteiger partial charge in [-0.25, -0.2) is 19.8 Å². The first-order valence-corrected chi connectivity index (χ1v) is 11.4. The van der Waals surface area contributed by atoms with Crippen molar-refractivity contribution < 1.29 is 9.50 Å². The lowest BCUT2D eigenvalue weighted by Gasteiger charge is -2.08. The van der Waals surface area contributed by atoms with Crippen LogP contribution in [0.4, 0.5) is 21.7 Å². The first kappa shape index (κ1) is 23.6. The minimum absolute atomic E-state index is 0.162. The number of rotatable bonds is 7. The van der Waals surface area contributed by atoms with Gasteiger partial charge in [-0.05, 0) is 66.6 Å². The molecule has 182 valence electrons. The van der Waals surface area contributed by atoms with Crippen molar-refractivity contribution in [3.8, 4) is 28.1 Å². The van der Waals surface area contributed by atoms with Crippen molar-refractivity contribution in [2.75, 3.05) is 10.7 Å². The molecule has 0 aliphatic carbocycles. The number of aromatic hydroxyl groups is 1. The fourth-order valence-corrected chi connectivity index (χ4v) is 3.63. The molecule has 0 radical (unpaired) electrons. The Morgan fingerprint density at radius 1 is 0.838 bits per heavy atom. The van der Waals surface area contributed by atoms with Crippen LogP contribution in [0.3, 0.4) is 0 Å². The SMILES string of the molecule is Cc1cc(-c2nc(N/N=C/c3ccc(Nc4ccc(-c5cccc(O)c5)cc4)cn3)ncc2F)ccn1. The molecule has 0 saturated heterocycles. The molecule has 0 spiro atoms. The van der Waals surface area contributed by atoms with Gasteiger partial charge in [-0.3, -0.25) is 9.97 Å². The molecule has 0 aliphatic heterocycles. The lowest BCUT2D eigenvalue weighted by Crippen LogP contribution is -2.01. The topological polar surface area (TPSA) is 108 Å². The van der Waals surface area contributed by atoms with Gasteiger partial charge in [0.2, 0.25) is 5.95 Å². The van der Waals surface area contributed by atoms with E-state index in [9.17, 15) is 9.50 Å². The number of aryl methyl sites for hydroxylation is 1. The zero-order valence-electron chi connectivity index (χ0n) is 19.8. The van der Waals surface area contributed by atoms with Crippen LogP contribution in [0, 0.1) is 12.7 Å². The van der Waals surface area contributed by atoms with Crippen LogP contribution in [-0.2, 0) is 0 Å². The van der Waals surface area contributed by atoms with Gasteiger partial charge in [0.15, 0.2) is 5.82 Å². The lowest BCUT2D eigenvalue weighted by molar-refractivity contribution is 0.475. The second-order valence-corrected chi connectivity index (χ2v) is 8.17. The summed E-state index contributed by atoms with van der Waals surface area (Å²) >= 11 is 0. The van der Waals surface area contributed by atoms with Crippen molar-refractivity contribution in [2.45, 2.75) is 6.92 Å². The molecule has 0 atom stereocenters. The number of halogens is 1. The Labute approximate surface area is 212 Å². The second kappa shape index (κ2) is 10.6. The molecule has 2 aromatic carbocycles. The molecule has 5 aromatic rings. The third-order valence-electron chi connectivity index (χ3n) is 5.41. The fourth-order valence-electron chi connectivity index (χ4n) is 3.63. The molecule has 3 heterocycles. The lowest BCUT2D eigenvalue weighted by atomic mass is 10.1. The van der Waals surface area contributed by atoms with Crippen LogP contribution in [0.2, 0.25) is 0 Å².